The minimum atomic E-state index is -0.307. The SMILES string of the molecule is CONC(=O)N(Cc1ccsc1)C1CCN([C@H](C)CCNC(=O)c2c(C)cc(C#N)[n+]([O-])c2C)CC1. The monoisotopic (exact) mass is 514 g/mol. The predicted octanol–water partition coefficient (Wildman–Crippen LogP) is 2.62. The fraction of sp³-hybridized carbons (Fsp3) is 0.520. The molecule has 0 saturated carbocycles. The molecule has 0 unspecified atom stereocenters. The summed E-state index contributed by atoms with van der Waals surface area (Å²) < 4.78 is 0.503. The first kappa shape index (κ1) is 27.4. The number of hydroxylamine groups is 1. The minimum absolute atomic E-state index is 0.0211. The van der Waals surface area contributed by atoms with Gasteiger partial charge in [0.1, 0.15) is 5.56 Å². The first-order valence-electron chi connectivity index (χ1n) is 12.0. The number of rotatable bonds is 9. The first-order valence-corrected chi connectivity index (χ1v) is 13.0. The van der Waals surface area contributed by atoms with Crippen molar-refractivity contribution in [1.82, 2.24) is 20.6 Å². The van der Waals surface area contributed by atoms with E-state index in [1.807, 2.05) is 22.4 Å². The summed E-state index contributed by atoms with van der Waals surface area (Å²) in [5, 5.41) is 28.2. The summed E-state index contributed by atoms with van der Waals surface area (Å²) in [5.41, 5.74) is 4.69. The summed E-state index contributed by atoms with van der Waals surface area (Å²) in [5.74, 6) is -0.307. The van der Waals surface area contributed by atoms with E-state index in [4.69, 9.17) is 10.1 Å². The largest absolute Gasteiger partial charge is 0.618 e. The van der Waals surface area contributed by atoms with Crippen LogP contribution in [0, 0.1) is 30.4 Å². The summed E-state index contributed by atoms with van der Waals surface area (Å²) in [6, 6.07) is 5.45. The lowest BCUT2D eigenvalue weighted by atomic mass is 10.0. The van der Waals surface area contributed by atoms with Gasteiger partial charge in [0.25, 0.3) is 11.6 Å². The van der Waals surface area contributed by atoms with Crippen molar-refractivity contribution in [3.63, 3.8) is 0 Å². The Balaban J connectivity index is 1.51. The number of carbonyl (C=O) groups excluding carboxylic acids is 2. The van der Waals surface area contributed by atoms with E-state index in [2.05, 4.69) is 28.0 Å². The molecule has 10 nitrogen and oxygen atoms in total. The lowest BCUT2D eigenvalue weighted by molar-refractivity contribution is -0.615. The number of pyridine rings is 1. The lowest BCUT2D eigenvalue weighted by Gasteiger charge is -2.40. The predicted molar refractivity (Wildman–Crippen MR) is 136 cm³/mol. The maximum absolute atomic E-state index is 12.7. The van der Waals surface area contributed by atoms with Crippen LogP contribution >= 0.6 is 11.3 Å². The normalized spacial score (nSPS) is 15.2. The van der Waals surface area contributed by atoms with Gasteiger partial charge in [0.05, 0.1) is 7.11 Å². The molecule has 2 aromatic heterocycles. The summed E-state index contributed by atoms with van der Waals surface area (Å²) in [4.78, 5) is 34.5. The molecule has 36 heavy (non-hydrogen) atoms. The quantitative estimate of drug-likeness (QED) is 0.301. The van der Waals surface area contributed by atoms with E-state index in [1.54, 1.807) is 25.2 Å². The van der Waals surface area contributed by atoms with Gasteiger partial charge < -0.3 is 20.3 Å². The Morgan fingerprint density at radius 2 is 2.11 bits per heavy atom. The molecular weight excluding hydrogens is 480 g/mol. The molecular formula is C25H34N6O4S. The Hall–Kier alpha value is -3.20. The number of thiophene rings is 1. The molecule has 3 heterocycles. The number of amides is 3. The molecule has 2 N–H and O–H groups in total. The topological polar surface area (TPSA) is 125 Å². The summed E-state index contributed by atoms with van der Waals surface area (Å²) in [6.45, 7) is 8.13. The average Bonchev–Trinajstić information content (AvgIpc) is 3.38. The fourth-order valence-corrected chi connectivity index (χ4v) is 5.38. The molecule has 1 fully saturated rings. The summed E-state index contributed by atoms with van der Waals surface area (Å²) >= 11 is 1.61. The van der Waals surface area contributed by atoms with E-state index >= 15 is 0 Å². The van der Waals surface area contributed by atoms with Gasteiger partial charge in [0, 0.05) is 51.3 Å². The van der Waals surface area contributed by atoms with Crippen LogP contribution in [0.5, 0.6) is 0 Å². The molecule has 1 aliphatic heterocycles. The van der Waals surface area contributed by atoms with Gasteiger partial charge in [0.2, 0.25) is 5.69 Å². The number of aryl methyl sites for hydroxylation is 1. The zero-order valence-corrected chi connectivity index (χ0v) is 22.1. The number of nitrogens with one attached hydrogen (secondary N) is 2. The molecule has 3 rings (SSSR count). The molecule has 0 aromatic carbocycles. The highest BCUT2D eigenvalue weighted by atomic mass is 32.1. The van der Waals surface area contributed by atoms with E-state index in [0.29, 0.717) is 28.9 Å². The molecule has 3 amide bonds. The van der Waals surface area contributed by atoms with E-state index in [0.717, 1.165) is 37.9 Å². The zero-order chi connectivity index (χ0) is 26.2. The second kappa shape index (κ2) is 12.7. The number of hydrogen-bond donors (Lipinski definition) is 2. The zero-order valence-electron chi connectivity index (χ0n) is 21.2. The van der Waals surface area contributed by atoms with Gasteiger partial charge in [-0.15, -0.1) is 0 Å². The second-order valence-corrected chi connectivity index (χ2v) is 9.89. The highest BCUT2D eigenvalue weighted by molar-refractivity contribution is 7.07. The van der Waals surface area contributed by atoms with Crippen LogP contribution in [0.3, 0.4) is 0 Å². The van der Waals surface area contributed by atoms with Crippen molar-refractivity contribution in [2.45, 2.75) is 58.7 Å². The van der Waals surface area contributed by atoms with Crippen molar-refractivity contribution in [3.05, 3.63) is 56.2 Å². The second-order valence-electron chi connectivity index (χ2n) is 9.11. The van der Waals surface area contributed by atoms with Gasteiger partial charge in [0.15, 0.2) is 6.07 Å². The van der Waals surface area contributed by atoms with Crippen molar-refractivity contribution < 1.29 is 19.2 Å². The van der Waals surface area contributed by atoms with Crippen molar-refractivity contribution in [1.29, 1.82) is 5.26 Å². The van der Waals surface area contributed by atoms with E-state index < -0.39 is 0 Å². The number of hydrogen-bond acceptors (Lipinski definition) is 7. The molecule has 1 saturated heterocycles. The maximum Gasteiger partial charge on any atom is 0.341 e. The number of nitrogens with zero attached hydrogens (tertiary/aromatic N) is 4. The van der Waals surface area contributed by atoms with Gasteiger partial charge in [-0.3, -0.25) is 9.63 Å². The van der Waals surface area contributed by atoms with Crippen LogP contribution in [-0.2, 0) is 11.4 Å². The molecule has 0 bridgehead atoms. The Kier molecular flexibility index (Phi) is 9.64. The Morgan fingerprint density at radius 1 is 1.39 bits per heavy atom. The van der Waals surface area contributed by atoms with Crippen molar-refractivity contribution in [2.75, 3.05) is 26.7 Å². The van der Waals surface area contributed by atoms with Gasteiger partial charge in [-0.05, 0) is 61.1 Å². The van der Waals surface area contributed by atoms with E-state index in [9.17, 15) is 14.8 Å². The number of likely N-dealkylation sites (tertiary alicyclic amines) is 1. The third-order valence-electron chi connectivity index (χ3n) is 6.77. The molecule has 194 valence electrons. The highest BCUT2D eigenvalue weighted by Gasteiger charge is 2.30. The molecule has 0 aliphatic carbocycles. The third-order valence-corrected chi connectivity index (χ3v) is 7.50. The Bertz CT molecular complexity index is 1090. The van der Waals surface area contributed by atoms with Gasteiger partial charge in [-0.25, -0.2) is 10.3 Å². The Labute approximate surface area is 216 Å². The summed E-state index contributed by atoms with van der Waals surface area (Å²) in [6.07, 6.45) is 2.46. The summed E-state index contributed by atoms with van der Waals surface area (Å²) in [7, 11) is 1.44. The highest BCUT2D eigenvalue weighted by Crippen LogP contribution is 2.22. The maximum atomic E-state index is 12.7. The molecule has 11 heteroatoms. The fourth-order valence-electron chi connectivity index (χ4n) is 4.72. The average molecular weight is 515 g/mol. The van der Waals surface area contributed by atoms with Gasteiger partial charge in [-0.1, -0.05) is 0 Å². The molecule has 0 radical (unpaired) electrons. The third kappa shape index (κ3) is 6.51. The van der Waals surface area contributed by atoms with Crippen LogP contribution in [0.1, 0.15) is 59.1 Å². The Morgan fingerprint density at radius 3 is 2.72 bits per heavy atom. The van der Waals surface area contributed by atoms with Crippen LogP contribution in [0.4, 0.5) is 4.79 Å². The van der Waals surface area contributed by atoms with Crippen molar-refractivity contribution >= 4 is 23.3 Å². The van der Waals surface area contributed by atoms with Gasteiger partial charge in [-0.2, -0.15) is 21.3 Å². The number of nitriles is 1. The molecule has 1 aliphatic rings. The van der Waals surface area contributed by atoms with Crippen molar-refractivity contribution in [3.8, 4) is 6.07 Å². The molecule has 1 atom stereocenters. The number of aromatic nitrogens is 1. The lowest BCUT2D eigenvalue weighted by Crippen LogP contribution is -2.51. The smallest absolute Gasteiger partial charge is 0.341 e. The number of carbonyl (C=O) groups is 2. The standard InChI is InChI=1S/C25H34N6O4S/c1-17-13-22(14-26)31(34)19(3)23(17)24(32)27-9-5-18(2)29-10-6-21(7-11-29)30(25(33)28-35-4)15-20-8-12-36-16-20/h8,12-13,16,18,21H,5-7,9-11,15H2,1-4H3,(H,27,32)(H,28,33)/t18-/m1/s1. The number of piperidine rings is 1. The molecule has 2 aromatic rings. The van der Waals surface area contributed by atoms with E-state index in [-0.39, 0.29) is 35.4 Å². The van der Waals surface area contributed by atoms with Gasteiger partial charge >= 0.3 is 6.03 Å². The number of urea groups is 1. The van der Waals surface area contributed by atoms with Crippen LogP contribution in [-0.4, -0.2) is 60.6 Å². The van der Waals surface area contributed by atoms with Crippen LogP contribution in [0.25, 0.3) is 0 Å². The van der Waals surface area contributed by atoms with Crippen LogP contribution < -0.4 is 15.5 Å². The molecule has 0 spiro atoms. The van der Waals surface area contributed by atoms with E-state index in [1.165, 1.54) is 13.2 Å². The first-order chi connectivity index (χ1) is 17.3. The van der Waals surface area contributed by atoms with Crippen LogP contribution in [0.15, 0.2) is 22.9 Å². The van der Waals surface area contributed by atoms with Crippen molar-refractivity contribution in [2.24, 2.45) is 0 Å². The van der Waals surface area contributed by atoms with Crippen LogP contribution in [0.2, 0.25) is 0 Å². The minimum Gasteiger partial charge on any atom is -0.618 e.